The molecule has 0 fully saturated rings. The average molecular weight is 402 g/mol. The predicted molar refractivity (Wildman–Crippen MR) is 113 cm³/mol. The number of nitrogens with one attached hydrogen (secondary N) is 1. The highest BCUT2D eigenvalue weighted by molar-refractivity contribution is 5.92. The number of aryl methyl sites for hydroxylation is 1. The van der Waals surface area contributed by atoms with Crippen molar-refractivity contribution in [2.75, 3.05) is 13.7 Å². The highest BCUT2D eigenvalue weighted by Gasteiger charge is 2.23. The minimum Gasteiger partial charge on any atom is -0.496 e. The third-order valence-corrected chi connectivity index (χ3v) is 4.46. The van der Waals surface area contributed by atoms with Crippen molar-refractivity contribution in [2.45, 2.75) is 6.04 Å². The van der Waals surface area contributed by atoms with E-state index in [-0.39, 0.29) is 12.5 Å². The van der Waals surface area contributed by atoms with Gasteiger partial charge in [0, 0.05) is 31.1 Å². The number of ether oxygens (including phenoxy) is 2. The molecule has 0 spiro atoms. The van der Waals surface area contributed by atoms with Crippen LogP contribution in [0.25, 0.3) is 6.08 Å². The SMILES string of the molecule is COc1ccccc1C(NC(=O)/C=C/c1ccc(OCC#N)cc1)c1nccn1C. The number of rotatable bonds is 8. The van der Waals surface area contributed by atoms with Crippen LogP contribution in [0.1, 0.15) is 23.0 Å². The van der Waals surface area contributed by atoms with Gasteiger partial charge in [0.2, 0.25) is 5.91 Å². The summed E-state index contributed by atoms with van der Waals surface area (Å²) >= 11 is 0. The molecule has 0 saturated heterocycles. The highest BCUT2D eigenvalue weighted by Crippen LogP contribution is 2.29. The lowest BCUT2D eigenvalue weighted by molar-refractivity contribution is -0.117. The second-order valence-electron chi connectivity index (χ2n) is 6.43. The van der Waals surface area contributed by atoms with Gasteiger partial charge in [-0.1, -0.05) is 30.3 Å². The van der Waals surface area contributed by atoms with Crippen molar-refractivity contribution >= 4 is 12.0 Å². The number of benzene rings is 2. The molecule has 0 bridgehead atoms. The molecule has 30 heavy (non-hydrogen) atoms. The van der Waals surface area contributed by atoms with Crippen LogP contribution in [0.4, 0.5) is 0 Å². The number of hydrogen-bond donors (Lipinski definition) is 1. The maximum Gasteiger partial charge on any atom is 0.244 e. The highest BCUT2D eigenvalue weighted by atomic mass is 16.5. The van der Waals surface area contributed by atoms with Crippen molar-refractivity contribution in [3.05, 3.63) is 84.0 Å². The third-order valence-electron chi connectivity index (χ3n) is 4.46. The Morgan fingerprint density at radius 1 is 1.27 bits per heavy atom. The van der Waals surface area contributed by atoms with Gasteiger partial charge in [0.15, 0.2) is 6.61 Å². The molecule has 1 amide bonds. The average Bonchev–Trinajstić information content (AvgIpc) is 3.21. The zero-order chi connectivity index (χ0) is 21.3. The molecule has 0 saturated carbocycles. The van der Waals surface area contributed by atoms with Gasteiger partial charge in [-0.2, -0.15) is 5.26 Å². The minimum atomic E-state index is -0.472. The van der Waals surface area contributed by atoms with Crippen LogP contribution in [0.5, 0.6) is 11.5 Å². The van der Waals surface area contributed by atoms with Crippen molar-refractivity contribution < 1.29 is 14.3 Å². The van der Waals surface area contributed by atoms with Crippen LogP contribution in [0.2, 0.25) is 0 Å². The summed E-state index contributed by atoms with van der Waals surface area (Å²) in [5, 5.41) is 11.6. The summed E-state index contributed by atoms with van der Waals surface area (Å²) in [7, 11) is 3.47. The van der Waals surface area contributed by atoms with Crippen LogP contribution in [-0.4, -0.2) is 29.2 Å². The Morgan fingerprint density at radius 2 is 2.03 bits per heavy atom. The van der Waals surface area contributed by atoms with E-state index in [0.29, 0.717) is 17.3 Å². The molecule has 7 nitrogen and oxygen atoms in total. The molecule has 152 valence electrons. The molecule has 1 atom stereocenters. The van der Waals surface area contributed by atoms with Gasteiger partial charge in [-0.25, -0.2) is 4.98 Å². The Balaban J connectivity index is 1.78. The van der Waals surface area contributed by atoms with E-state index in [2.05, 4.69) is 10.3 Å². The standard InChI is InChI=1S/C23H22N4O3/c1-27-15-14-25-23(27)22(19-5-3-4-6-20(19)29-2)26-21(28)12-9-17-7-10-18(11-8-17)30-16-13-24/h3-12,14-15,22H,16H2,1-2H3,(H,26,28)/b12-9+. The summed E-state index contributed by atoms with van der Waals surface area (Å²) in [5.41, 5.74) is 1.65. The van der Waals surface area contributed by atoms with E-state index in [0.717, 1.165) is 11.1 Å². The molecule has 2 aromatic carbocycles. The summed E-state index contributed by atoms with van der Waals surface area (Å²) in [6.45, 7) is -0.00484. The molecular formula is C23H22N4O3. The van der Waals surface area contributed by atoms with Crippen molar-refractivity contribution in [3.8, 4) is 17.6 Å². The topological polar surface area (TPSA) is 89.2 Å². The molecule has 0 aliphatic rings. The molecule has 0 radical (unpaired) electrons. The number of nitriles is 1. The van der Waals surface area contributed by atoms with E-state index >= 15 is 0 Å². The Labute approximate surface area is 175 Å². The van der Waals surface area contributed by atoms with Gasteiger partial charge < -0.3 is 19.4 Å². The molecule has 7 heteroatoms. The molecule has 3 rings (SSSR count). The number of carbonyl (C=O) groups excluding carboxylic acids is 1. The lowest BCUT2D eigenvalue weighted by Gasteiger charge is -2.20. The fourth-order valence-corrected chi connectivity index (χ4v) is 2.99. The number of carbonyl (C=O) groups is 1. The fraction of sp³-hybridized carbons (Fsp3) is 0.174. The molecule has 3 aromatic rings. The Hall–Kier alpha value is -4.05. The predicted octanol–water partition coefficient (Wildman–Crippen LogP) is 3.25. The van der Waals surface area contributed by atoms with E-state index in [1.165, 1.54) is 6.08 Å². The van der Waals surface area contributed by atoms with Crippen molar-refractivity contribution in [3.63, 3.8) is 0 Å². The summed E-state index contributed by atoms with van der Waals surface area (Å²) in [6, 6.07) is 16.1. The van der Waals surface area contributed by atoms with Crippen molar-refractivity contribution in [2.24, 2.45) is 7.05 Å². The van der Waals surface area contributed by atoms with Gasteiger partial charge >= 0.3 is 0 Å². The van der Waals surface area contributed by atoms with Gasteiger partial charge in [0.25, 0.3) is 0 Å². The van der Waals surface area contributed by atoms with Crippen molar-refractivity contribution in [1.82, 2.24) is 14.9 Å². The number of methoxy groups -OCH3 is 1. The Bertz CT molecular complexity index is 1060. The van der Waals surface area contributed by atoms with Crippen LogP contribution < -0.4 is 14.8 Å². The first-order chi connectivity index (χ1) is 14.6. The number of para-hydroxylation sites is 1. The molecule has 0 aliphatic carbocycles. The Kier molecular flexibility index (Phi) is 6.85. The van der Waals surface area contributed by atoms with Crippen LogP contribution in [0.3, 0.4) is 0 Å². The van der Waals surface area contributed by atoms with Crippen LogP contribution in [0.15, 0.2) is 67.0 Å². The molecule has 1 N–H and O–H groups in total. The van der Waals surface area contributed by atoms with E-state index in [1.807, 2.05) is 60.3 Å². The molecule has 1 heterocycles. The lowest BCUT2D eigenvalue weighted by Crippen LogP contribution is -2.30. The third kappa shape index (κ3) is 5.06. The maximum atomic E-state index is 12.7. The Morgan fingerprint density at radius 3 is 2.70 bits per heavy atom. The largest absolute Gasteiger partial charge is 0.496 e. The zero-order valence-corrected chi connectivity index (χ0v) is 16.8. The normalized spacial score (nSPS) is 11.6. The van der Waals surface area contributed by atoms with Gasteiger partial charge in [0.05, 0.1) is 7.11 Å². The quantitative estimate of drug-likeness (QED) is 0.584. The van der Waals surface area contributed by atoms with Gasteiger partial charge in [-0.3, -0.25) is 4.79 Å². The monoisotopic (exact) mass is 402 g/mol. The van der Waals surface area contributed by atoms with Crippen LogP contribution in [0, 0.1) is 11.3 Å². The zero-order valence-electron chi connectivity index (χ0n) is 16.8. The van der Waals surface area contributed by atoms with Crippen LogP contribution >= 0.6 is 0 Å². The van der Waals surface area contributed by atoms with E-state index in [1.54, 1.807) is 31.5 Å². The maximum absolute atomic E-state index is 12.7. The minimum absolute atomic E-state index is 0.00484. The second kappa shape index (κ2) is 9.94. The molecule has 0 aliphatic heterocycles. The lowest BCUT2D eigenvalue weighted by atomic mass is 10.0. The first kappa shape index (κ1) is 20.7. The van der Waals surface area contributed by atoms with E-state index < -0.39 is 6.04 Å². The number of nitrogens with zero attached hydrogens (tertiary/aromatic N) is 3. The number of amides is 1. The molecule has 1 aromatic heterocycles. The second-order valence-corrected chi connectivity index (χ2v) is 6.43. The van der Waals surface area contributed by atoms with Gasteiger partial charge in [-0.15, -0.1) is 0 Å². The number of hydrogen-bond acceptors (Lipinski definition) is 5. The summed E-state index contributed by atoms with van der Waals surface area (Å²) < 4.78 is 12.6. The van der Waals surface area contributed by atoms with Gasteiger partial charge in [0.1, 0.15) is 29.4 Å². The first-order valence-corrected chi connectivity index (χ1v) is 9.31. The fourth-order valence-electron chi connectivity index (χ4n) is 2.99. The summed E-state index contributed by atoms with van der Waals surface area (Å²) in [5.74, 6) is 1.70. The van der Waals surface area contributed by atoms with Crippen molar-refractivity contribution in [1.29, 1.82) is 5.26 Å². The summed E-state index contributed by atoms with van der Waals surface area (Å²) in [4.78, 5) is 17.1. The first-order valence-electron chi connectivity index (χ1n) is 9.31. The molecule has 1 unspecified atom stereocenters. The number of imidazole rings is 1. The van der Waals surface area contributed by atoms with Gasteiger partial charge in [-0.05, 0) is 29.8 Å². The van der Waals surface area contributed by atoms with E-state index in [4.69, 9.17) is 14.7 Å². The smallest absolute Gasteiger partial charge is 0.244 e. The van der Waals surface area contributed by atoms with Crippen LogP contribution in [-0.2, 0) is 11.8 Å². The van der Waals surface area contributed by atoms with E-state index in [9.17, 15) is 4.79 Å². The summed E-state index contributed by atoms with van der Waals surface area (Å²) in [6.07, 6.45) is 6.70. The number of aromatic nitrogens is 2. The molecular weight excluding hydrogens is 380 g/mol.